The predicted octanol–water partition coefficient (Wildman–Crippen LogP) is 5.42. The fourth-order valence-corrected chi connectivity index (χ4v) is 5.03. The topological polar surface area (TPSA) is 63.8 Å². The fourth-order valence-electron chi connectivity index (χ4n) is 2.99. The Morgan fingerprint density at radius 3 is 2.89 bits per heavy atom. The molecule has 1 amide bonds. The molecule has 0 atom stereocenters. The van der Waals surface area contributed by atoms with Crippen molar-refractivity contribution in [3.63, 3.8) is 0 Å². The maximum Gasteiger partial charge on any atom is 0.291 e. The molecule has 0 saturated heterocycles. The van der Waals surface area contributed by atoms with Crippen molar-refractivity contribution in [2.24, 2.45) is 4.99 Å². The van der Waals surface area contributed by atoms with E-state index in [2.05, 4.69) is 10.3 Å². The first-order valence-electron chi connectivity index (χ1n) is 9.10. The lowest BCUT2D eigenvalue weighted by atomic mass is 10.1. The van der Waals surface area contributed by atoms with Gasteiger partial charge in [-0.15, -0.1) is 0 Å². The highest BCUT2D eigenvalue weighted by molar-refractivity contribution is 8.38. The number of nitrogens with one attached hydrogen (secondary N) is 1. The standard InChI is InChI=1S/C21H20N2O3S2/c1-2-25-18-10-6-4-8-16(18)23-20(24)19-15(13-28-21-22-11-12-27-21)14-7-3-5-9-17(14)26-19/h3-10H,2,11-13H2,1H3,(H,23,24). The SMILES string of the molecule is CCOc1ccccc1NC(=O)c1oc2ccccc2c1CSC1=NCCS1. The molecule has 28 heavy (non-hydrogen) atoms. The van der Waals surface area contributed by atoms with Crippen molar-refractivity contribution in [1.29, 1.82) is 0 Å². The summed E-state index contributed by atoms with van der Waals surface area (Å²) >= 11 is 3.41. The van der Waals surface area contributed by atoms with Gasteiger partial charge in [-0.25, -0.2) is 0 Å². The monoisotopic (exact) mass is 412 g/mol. The number of benzene rings is 2. The second-order valence-electron chi connectivity index (χ2n) is 6.07. The van der Waals surface area contributed by atoms with Crippen molar-refractivity contribution in [3.8, 4) is 5.75 Å². The zero-order valence-corrected chi connectivity index (χ0v) is 17.1. The van der Waals surface area contributed by atoms with Gasteiger partial charge >= 0.3 is 0 Å². The molecule has 5 nitrogen and oxygen atoms in total. The van der Waals surface area contributed by atoms with Crippen LogP contribution in [0.3, 0.4) is 0 Å². The molecule has 0 saturated carbocycles. The molecule has 1 aliphatic heterocycles. The number of hydrogen-bond donors (Lipinski definition) is 1. The number of para-hydroxylation sites is 3. The van der Waals surface area contributed by atoms with Crippen molar-refractivity contribution < 1.29 is 13.9 Å². The van der Waals surface area contributed by atoms with Crippen molar-refractivity contribution in [2.75, 3.05) is 24.2 Å². The summed E-state index contributed by atoms with van der Waals surface area (Å²) in [5, 5.41) is 3.90. The lowest BCUT2D eigenvalue weighted by molar-refractivity contribution is 0.0997. The Morgan fingerprint density at radius 1 is 1.25 bits per heavy atom. The number of anilines is 1. The van der Waals surface area contributed by atoms with Crippen LogP contribution in [0.15, 0.2) is 57.9 Å². The van der Waals surface area contributed by atoms with Crippen LogP contribution in [0.2, 0.25) is 0 Å². The van der Waals surface area contributed by atoms with E-state index in [1.165, 1.54) is 0 Å². The number of hydrogen-bond acceptors (Lipinski definition) is 6. The number of aliphatic imine (C=N–C) groups is 1. The van der Waals surface area contributed by atoms with Crippen molar-refractivity contribution in [2.45, 2.75) is 12.7 Å². The third-order valence-electron chi connectivity index (χ3n) is 4.24. The van der Waals surface area contributed by atoms with Crippen LogP contribution < -0.4 is 10.1 Å². The molecule has 144 valence electrons. The lowest BCUT2D eigenvalue weighted by Gasteiger charge is -2.11. The number of fused-ring (bicyclic) bond motifs is 1. The molecule has 0 unspecified atom stereocenters. The van der Waals surface area contributed by atoms with E-state index < -0.39 is 0 Å². The molecule has 0 spiro atoms. The van der Waals surface area contributed by atoms with Gasteiger partial charge in [0.15, 0.2) is 5.76 Å². The zero-order chi connectivity index (χ0) is 19.3. The number of ether oxygens (including phenoxy) is 1. The van der Waals surface area contributed by atoms with E-state index in [-0.39, 0.29) is 5.91 Å². The Labute approximate surface area is 171 Å². The molecule has 3 aromatic rings. The van der Waals surface area contributed by atoms with Gasteiger partial charge < -0.3 is 14.5 Å². The predicted molar refractivity (Wildman–Crippen MR) is 118 cm³/mol. The summed E-state index contributed by atoms with van der Waals surface area (Å²) in [4.78, 5) is 17.5. The largest absolute Gasteiger partial charge is 0.492 e. The van der Waals surface area contributed by atoms with Gasteiger partial charge in [-0.1, -0.05) is 53.9 Å². The first-order valence-corrected chi connectivity index (χ1v) is 11.1. The van der Waals surface area contributed by atoms with Gasteiger partial charge in [-0.2, -0.15) is 0 Å². The summed E-state index contributed by atoms with van der Waals surface area (Å²) in [5.41, 5.74) is 2.23. The molecular formula is C21H20N2O3S2. The van der Waals surface area contributed by atoms with Crippen LogP contribution in [0.1, 0.15) is 23.0 Å². The lowest BCUT2D eigenvalue weighted by Crippen LogP contribution is -2.14. The van der Waals surface area contributed by atoms with Crippen LogP contribution in [0.25, 0.3) is 11.0 Å². The quantitative estimate of drug-likeness (QED) is 0.586. The van der Waals surface area contributed by atoms with Crippen LogP contribution in [0.4, 0.5) is 5.69 Å². The first-order chi connectivity index (χ1) is 13.8. The second kappa shape index (κ2) is 8.75. The van der Waals surface area contributed by atoms with Gasteiger partial charge in [-0.05, 0) is 25.1 Å². The normalized spacial score (nSPS) is 13.5. The van der Waals surface area contributed by atoms with E-state index in [0.29, 0.717) is 35.1 Å². The smallest absolute Gasteiger partial charge is 0.291 e. The van der Waals surface area contributed by atoms with Gasteiger partial charge in [0.05, 0.1) is 18.8 Å². The Hall–Kier alpha value is -2.38. The van der Waals surface area contributed by atoms with Crippen LogP contribution in [-0.2, 0) is 5.75 Å². The van der Waals surface area contributed by atoms with Crippen LogP contribution in [0, 0.1) is 0 Å². The van der Waals surface area contributed by atoms with E-state index in [1.807, 2.05) is 55.5 Å². The number of furan rings is 1. The summed E-state index contributed by atoms with van der Waals surface area (Å²) in [6.45, 7) is 3.30. The molecule has 0 radical (unpaired) electrons. The van der Waals surface area contributed by atoms with Crippen LogP contribution in [0.5, 0.6) is 5.75 Å². The second-order valence-corrected chi connectivity index (χ2v) is 8.38. The molecule has 4 rings (SSSR count). The summed E-state index contributed by atoms with van der Waals surface area (Å²) in [6.07, 6.45) is 0. The molecule has 1 N–H and O–H groups in total. The molecule has 0 fully saturated rings. The molecule has 1 aliphatic rings. The molecule has 0 bridgehead atoms. The molecule has 1 aromatic heterocycles. The number of carbonyl (C=O) groups is 1. The number of amides is 1. The van der Waals surface area contributed by atoms with E-state index in [0.717, 1.165) is 27.6 Å². The molecule has 7 heteroatoms. The Kier molecular flexibility index (Phi) is 5.92. The average Bonchev–Trinajstić information content (AvgIpc) is 3.35. The van der Waals surface area contributed by atoms with Crippen molar-refractivity contribution >= 4 is 50.5 Å². The number of carbonyl (C=O) groups excluding carboxylic acids is 1. The maximum atomic E-state index is 13.1. The average molecular weight is 413 g/mol. The van der Waals surface area contributed by atoms with E-state index in [1.54, 1.807) is 23.5 Å². The van der Waals surface area contributed by atoms with Crippen molar-refractivity contribution in [1.82, 2.24) is 0 Å². The van der Waals surface area contributed by atoms with Gasteiger partial charge in [0.25, 0.3) is 5.91 Å². The van der Waals surface area contributed by atoms with Crippen LogP contribution >= 0.6 is 23.5 Å². The molecule has 2 aromatic carbocycles. The maximum absolute atomic E-state index is 13.1. The zero-order valence-electron chi connectivity index (χ0n) is 15.4. The van der Waals surface area contributed by atoms with Gasteiger partial charge in [0, 0.05) is 22.5 Å². The number of nitrogens with zero attached hydrogens (tertiary/aromatic N) is 1. The minimum atomic E-state index is -0.278. The Balaban J connectivity index is 1.63. The highest BCUT2D eigenvalue weighted by Crippen LogP contribution is 2.33. The highest BCUT2D eigenvalue weighted by Gasteiger charge is 2.22. The number of thioether (sulfide) groups is 2. The third kappa shape index (κ3) is 4.05. The molecule has 2 heterocycles. The number of rotatable bonds is 6. The molecule has 0 aliphatic carbocycles. The summed E-state index contributed by atoms with van der Waals surface area (Å²) in [6, 6.07) is 15.1. The summed E-state index contributed by atoms with van der Waals surface area (Å²) in [5.74, 6) is 2.36. The van der Waals surface area contributed by atoms with E-state index >= 15 is 0 Å². The summed E-state index contributed by atoms with van der Waals surface area (Å²) in [7, 11) is 0. The van der Waals surface area contributed by atoms with Gasteiger partial charge in [0.2, 0.25) is 0 Å². The Bertz CT molecular complexity index is 1030. The Morgan fingerprint density at radius 2 is 2.07 bits per heavy atom. The minimum absolute atomic E-state index is 0.278. The summed E-state index contributed by atoms with van der Waals surface area (Å²) < 4.78 is 12.6. The van der Waals surface area contributed by atoms with Gasteiger partial charge in [0.1, 0.15) is 15.7 Å². The minimum Gasteiger partial charge on any atom is -0.492 e. The van der Waals surface area contributed by atoms with E-state index in [9.17, 15) is 4.79 Å². The highest BCUT2D eigenvalue weighted by atomic mass is 32.2. The van der Waals surface area contributed by atoms with Gasteiger partial charge in [-0.3, -0.25) is 9.79 Å². The third-order valence-corrected chi connectivity index (χ3v) is 6.52. The first kappa shape index (κ1) is 19.0. The van der Waals surface area contributed by atoms with Crippen LogP contribution in [-0.4, -0.2) is 29.2 Å². The van der Waals surface area contributed by atoms with Crippen molar-refractivity contribution in [3.05, 3.63) is 59.9 Å². The molecular weight excluding hydrogens is 392 g/mol. The van der Waals surface area contributed by atoms with E-state index in [4.69, 9.17) is 9.15 Å². The fraction of sp³-hybridized carbons (Fsp3) is 0.238.